The first-order chi connectivity index (χ1) is 10.9. The van der Waals surface area contributed by atoms with Gasteiger partial charge in [0.25, 0.3) is 0 Å². The molecule has 0 unspecified atom stereocenters. The summed E-state index contributed by atoms with van der Waals surface area (Å²) < 4.78 is 3.44. The average Bonchev–Trinajstić information content (AvgIpc) is 3.26. The number of rotatable bonds is 3. The van der Waals surface area contributed by atoms with Crippen LogP contribution in [0, 0.1) is 0 Å². The Morgan fingerprint density at radius 1 is 0.545 bits per heavy atom. The molecule has 2 aromatic carbocycles. The molecule has 2 heterocycles. The van der Waals surface area contributed by atoms with Crippen molar-refractivity contribution in [3.05, 3.63) is 73.1 Å². The van der Waals surface area contributed by atoms with Crippen LogP contribution < -0.4 is 0 Å². The fourth-order valence-corrected chi connectivity index (χ4v) is 2.18. The maximum atomic E-state index is 4.17. The van der Waals surface area contributed by atoms with Crippen LogP contribution in [0.4, 0.5) is 0 Å². The standard InChI is InChI=1S/C16H12N6/c1-3-7-13(8-4-1)21-11-15(17-19-21)16-12-22(20-18-16)14-9-5-2-6-10-14/h1-12H. The van der Waals surface area contributed by atoms with Gasteiger partial charge in [0, 0.05) is 0 Å². The van der Waals surface area contributed by atoms with E-state index >= 15 is 0 Å². The lowest BCUT2D eigenvalue weighted by Gasteiger charge is -1.97. The highest BCUT2D eigenvalue weighted by molar-refractivity contribution is 5.52. The first-order valence-electron chi connectivity index (χ1n) is 6.86. The summed E-state index contributed by atoms with van der Waals surface area (Å²) in [5, 5.41) is 16.6. The number of hydrogen-bond acceptors (Lipinski definition) is 4. The van der Waals surface area contributed by atoms with Crippen LogP contribution in [0.15, 0.2) is 73.1 Å². The lowest BCUT2D eigenvalue weighted by Crippen LogP contribution is -1.93. The molecule has 0 N–H and O–H groups in total. The molecule has 0 spiro atoms. The molecular weight excluding hydrogens is 276 g/mol. The van der Waals surface area contributed by atoms with Crippen molar-refractivity contribution in [1.82, 2.24) is 30.0 Å². The van der Waals surface area contributed by atoms with Gasteiger partial charge >= 0.3 is 0 Å². The number of nitrogens with zero attached hydrogens (tertiary/aromatic N) is 6. The van der Waals surface area contributed by atoms with E-state index in [4.69, 9.17) is 0 Å². The summed E-state index contributed by atoms with van der Waals surface area (Å²) in [5.41, 5.74) is 3.28. The predicted molar refractivity (Wildman–Crippen MR) is 81.7 cm³/mol. The molecule has 22 heavy (non-hydrogen) atoms. The minimum Gasteiger partial charge on any atom is -0.220 e. The first kappa shape index (κ1) is 12.5. The minimum atomic E-state index is 0.686. The smallest absolute Gasteiger partial charge is 0.135 e. The third-order valence-electron chi connectivity index (χ3n) is 3.29. The van der Waals surface area contributed by atoms with E-state index in [0.29, 0.717) is 11.4 Å². The first-order valence-corrected chi connectivity index (χ1v) is 6.86. The molecule has 4 aromatic rings. The van der Waals surface area contributed by atoms with Crippen LogP contribution in [-0.2, 0) is 0 Å². The minimum absolute atomic E-state index is 0.686. The fraction of sp³-hybridized carbons (Fsp3) is 0. The Morgan fingerprint density at radius 2 is 0.955 bits per heavy atom. The second-order valence-electron chi connectivity index (χ2n) is 4.77. The van der Waals surface area contributed by atoms with Crippen molar-refractivity contribution in [3.63, 3.8) is 0 Å². The lowest BCUT2D eigenvalue weighted by atomic mass is 10.3. The van der Waals surface area contributed by atoms with Gasteiger partial charge in [0.2, 0.25) is 0 Å². The van der Waals surface area contributed by atoms with Crippen molar-refractivity contribution in [2.45, 2.75) is 0 Å². The molecule has 6 nitrogen and oxygen atoms in total. The Kier molecular flexibility index (Phi) is 2.97. The molecule has 0 amide bonds. The van der Waals surface area contributed by atoms with Gasteiger partial charge in [-0.05, 0) is 24.3 Å². The normalized spacial score (nSPS) is 10.7. The van der Waals surface area contributed by atoms with Crippen molar-refractivity contribution in [3.8, 4) is 22.8 Å². The third kappa shape index (κ3) is 2.26. The monoisotopic (exact) mass is 288 g/mol. The second-order valence-corrected chi connectivity index (χ2v) is 4.77. The SMILES string of the molecule is c1ccc(-n2cc(-c3cn(-c4ccccc4)nn3)nn2)cc1. The molecule has 0 atom stereocenters. The van der Waals surface area contributed by atoms with Crippen molar-refractivity contribution < 1.29 is 0 Å². The maximum Gasteiger partial charge on any atom is 0.135 e. The molecule has 0 bridgehead atoms. The molecule has 0 radical (unpaired) electrons. The van der Waals surface area contributed by atoms with Gasteiger partial charge in [0.15, 0.2) is 0 Å². The third-order valence-corrected chi connectivity index (χ3v) is 3.29. The molecule has 106 valence electrons. The summed E-state index contributed by atoms with van der Waals surface area (Å²) in [4.78, 5) is 0. The molecule has 6 heteroatoms. The summed E-state index contributed by atoms with van der Waals surface area (Å²) in [6.07, 6.45) is 3.68. The molecule has 4 rings (SSSR count). The van der Waals surface area contributed by atoms with E-state index in [1.807, 2.05) is 73.1 Å². The van der Waals surface area contributed by atoms with E-state index in [2.05, 4.69) is 20.6 Å². The van der Waals surface area contributed by atoms with Crippen LogP contribution in [-0.4, -0.2) is 30.0 Å². The summed E-state index contributed by atoms with van der Waals surface area (Å²) in [6.45, 7) is 0. The predicted octanol–water partition coefficient (Wildman–Crippen LogP) is 2.51. The average molecular weight is 288 g/mol. The Morgan fingerprint density at radius 3 is 1.36 bits per heavy atom. The Hall–Kier alpha value is -3.28. The van der Waals surface area contributed by atoms with Gasteiger partial charge in [-0.25, -0.2) is 9.36 Å². The van der Waals surface area contributed by atoms with Gasteiger partial charge in [-0.1, -0.05) is 46.8 Å². The zero-order valence-corrected chi connectivity index (χ0v) is 11.6. The zero-order valence-electron chi connectivity index (χ0n) is 11.6. The molecule has 2 aromatic heterocycles. The van der Waals surface area contributed by atoms with Gasteiger partial charge in [-0.15, -0.1) is 10.2 Å². The van der Waals surface area contributed by atoms with E-state index < -0.39 is 0 Å². The Balaban J connectivity index is 1.66. The number of benzene rings is 2. The van der Waals surface area contributed by atoms with E-state index in [0.717, 1.165) is 11.4 Å². The van der Waals surface area contributed by atoms with Crippen molar-refractivity contribution >= 4 is 0 Å². The summed E-state index contributed by atoms with van der Waals surface area (Å²) in [7, 11) is 0. The molecule has 0 fully saturated rings. The highest BCUT2D eigenvalue weighted by atomic mass is 15.4. The van der Waals surface area contributed by atoms with Crippen LogP contribution in [0.5, 0.6) is 0 Å². The largest absolute Gasteiger partial charge is 0.220 e. The molecule has 0 saturated carbocycles. The zero-order chi connectivity index (χ0) is 14.8. The fourth-order valence-electron chi connectivity index (χ4n) is 2.18. The van der Waals surface area contributed by atoms with Gasteiger partial charge in [-0.2, -0.15) is 0 Å². The topological polar surface area (TPSA) is 61.4 Å². The van der Waals surface area contributed by atoms with Crippen LogP contribution in [0.3, 0.4) is 0 Å². The summed E-state index contributed by atoms with van der Waals surface area (Å²) >= 11 is 0. The van der Waals surface area contributed by atoms with Gasteiger partial charge < -0.3 is 0 Å². The maximum absolute atomic E-state index is 4.17. The Bertz CT molecular complexity index is 803. The molecule has 0 aliphatic carbocycles. The Labute approximate surface area is 126 Å². The van der Waals surface area contributed by atoms with Gasteiger partial charge in [0.1, 0.15) is 11.4 Å². The van der Waals surface area contributed by atoms with E-state index in [9.17, 15) is 0 Å². The van der Waals surface area contributed by atoms with Gasteiger partial charge in [0.05, 0.1) is 23.8 Å². The number of hydrogen-bond donors (Lipinski definition) is 0. The summed E-state index contributed by atoms with van der Waals surface area (Å²) in [5.74, 6) is 0. The van der Waals surface area contributed by atoms with E-state index in [-0.39, 0.29) is 0 Å². The van der Waals surface area contributed by atoms with Crippen LogP contribution in [0.25, 0.3) is 22.8 Å². The highest BCUT2D eigenvalue weighted by Crippen LogP contribution is 2.16. The van der Waals surface area contributed by atoms with Crippen molar-refractivity contribution in [2.24, 2.45) is 0 Å². The van der Waals surface area contributed by atoms with Crippen molar-refractivity contribution in [1.29, 1.82) is 0 Å². The summed E-state index contributed by atoms with van der Waals surface area (Å²) in [6, 6.07) is 19.7. The van der Waals surface area contributed by atoms with E-state index in [1.165, 1.54) is 0 Å². The quantitative estimate of drug-likeness (QED) is 0.581. The van der Waals surface area contributed by atoms with Crippen LogP contribution in [0.2, 0.25) is 0 Å². The van der Waals surface area contributed by atoms with Crippen LogP contribution in [0.1, 0.15) is 0 Å². The molecule has 0 aliphatic heterocycles. The van der Waals surface area contributed by atoms with Crippen molar-refractivity contribution in [2.75, 3.05) is 0 Å². The second kappa shape index (κ2) is 5.25. The molecular formula is C16H12N6. The van der Waals surface area contributed by atoms with E-state index in [1.54, 1.807) is 9.36 Å². The van der Waals surface area contributed by atoms with Crippen LogP contribution >= 0.6 is 0 Å². The van der Waals surface area contributed by atoms with Gasteiger partial charge in [-0.3, -0.25) is 0 Å². The molecule has 0 saturated heterocycles. The lowest BCUT2D eigenvalue weighted by molar-refractivity contribution is 0.801. The molecule has 0 aliphatic rings. The number of para-hydroxylation sites is 2. The highest BCUT2D eigenvalue weighted by Gasteiger charge is 2.10. The number of aromatic nitrogens is 6.